The lowest BCUT2D eigenvalue weighted by Gasteiger charge is -2.27. The highest BCUT2D eigenvalue weighted by Gasteiger charge is 2.27. The van der Waals surface area contributed by atoms with Crippen LogP contribution in [0.15, 0.2) is 30.3 Å². The third kappa shape index (κ3) is 8.51. The summed E-state index contributed by atoms with van der Waals surface area (Å²) in [5, 5.41) is 14.9. The summed E-state index contributed by atoms with van der Waals surface area (Å²) in [6.07, 6.45) is 1.31. The molecule has 0 aromatic heterocycles. The van der Waals surface area contributed by atoms with Gasteiger partial charge in [-0.3, -0.25) is 14.5 Å². The number of aryl methyl sites for hydroxylation is 1. The SMILES string of the molecule is CC(C)CC(NC(=O)[C@H](CCc1ccccc1)NC(=O)CN1CCOCC1)C(=O)O. The second-order valence-corrected chi connectivity index (χ2v) is 8.06. The maximum Gasteiger partial charge on any atom is 0.326 e. The van der Waals surface area contributed by atoms with Crippen LogP contribution in [0.5, 0.6) is 0 Å². The van der Waals surface area contributed by atoms with E-state index in [1.54, 1.807) is 0 Å². The summed E-state index contributed by atoms with van der Waals surface area (Å²) in [4.78, 5) is 38.9. The van der Waals surface area contributed by atoms with Crippen LogP contribution in [0.3, 0.4) is 0 Å². The average molecular weight is 420 g/mol. The Hall–Kier alpha value is -2.45. The van der Waals surface area contributed by atoms with Crippen molar-refractivity contribution in [2.45, 2.75) is 45.2 Å². The Morgan fingerprint density at radius 3 is 2.33 bits per heavy atom. The van der Waals surface area contributed by atoms with Crippen molar-refractivity contribution in [3.05, 3.63) is 35.9 Å². The minimum atomic E-state index is -1.07. The molecule has 1 saturated heterocycles. The number of nitrogens with zero attached hydrogens (tertiary/aromatic N) is 1. The standard InChI is InChI=1S/C22H33N3O5/c1-16(2)14-19(22(28)29)24-21(27)18(9-8-17-6-4-3-5-7-17)23-20(26)15-25-10-12-30-13-11-25/h3-7,16,18-19H,8-15H2,1-2H3,(H,23,26)(H,24,27)(H,28,29)/t18-,19?/m0/s1. The Balaban J connectivity index is 2.01. The third-order valence-electron chi connectivity index (χ3n) is 5.01. The zero-order chi connectivity index (χ0) is 21.9. The molecule has 2 atom stereocenters. The van der Waals surface area contributed by atoms with Gasteiger partial charge in [-0.05, 0) is 30.7 Å². The van der Waals surface area contributed by atoms with Gasteiger partial charge in [-0.2, -0.15) is 0 Å². The van der Waals surface area contributed by atoms with Crippen LogP contribution in [-0.2, 0) is 25.5 Å². The molecule has 166 valence electrons. The van der Waals surface area contributed by atoms with Gasteiger partial charge in [0.25, 0.3) is 0 Å². The Morgan fingerprint density at radius 1 is 1.07 bits per heavy atom. The minimum Gasteiger partial charge on any atom is -0.480 e. The molecule has 8 heteroatoms. The van der Waals surface area contributed by atoms with Crippen molar-refractivity contribution in [2.75, 3.05) is 32.8 Å². The van der Waals surface area contributed by atoms with Crippen LogP contribution >= 0.6 is 0 Å². The fraction of sp³-hybridized carbons (Fsp3) is 0.591. The van der Waals surface area contributed by atoms with Crippen molar-refractivity contribution in [1.82, 2.24) is 15.5 Å². The molecule has 1 heterocycles. The highest BCUT2D eigenvalue weighted by Crippen LogP contribution is 2.09. The molecule has 0 spiro atoms. The molecule has 0 bridgehead atoms. The van der Waals surface area contributed by atoms with Crippen LogP contribution in [0.1, 0.15) is 32.3 Å². The largest absolute Gasteiger partial charge is 0.480 e. The molecule has 1 aromatic rings. The van der Waals surface area contributed by atoms with Crippen molar-refractivity contribution in [3.8, 4) is 0 Å². The van der Waals surface area contributed by atoms with Crippen LogP contribution in [0.2, 0.25) is 0 Å². The van der Waals surface area contributed by atoms with Crippen molar-refractivity contribution < 1.29 is 24.2 Å². The lowest BCUT2D eigenvalue weighted by Crippen LogP contribution is -2.54. The molecule has 30 heavy (non-hydrogen) atoms. The van der Waals surface area contributed by atoms with Gasteiger partial charge in [-0.15, -0.1) is 0 Å². The number of carbonyl (C=O) groups excluding carboxylic acids is 2. The van der Waals surface area contributed by atoms with Crippen molar-refractivity contribution in [2.24, 2.45) is 5.92 Å². The number of carboxylic acid groups (broad SMARTS) is 1. The zero-order valence-electron chi connectivity index (χ0n) is 17.8. The first-order valence-corrected chi connectivity index (χ1v) is 10.5. The summed E-state index contributed by atoms with van der Waals surface area (Å²) in [5.41, 5.74) is 1.05. The molecule has 0 saturated carbocycles. The molecule has 1 aliphatic rings. The monoisotopic (exact) mass is 419 g/mol. The fourth-order valence-electron chi connectivity index (χ4n) is 3.39. The van der Waals surface area contributed by atoms with Gasteiger partial charge >= 0.3 is 5.97 Å². The number of hydrogen-bond acceptors (Lipinski definition) is 5. The number of aliphatic carboxylic acids is 1. The van der Waals surface area contributed by atoms with E-state index in [0.717, 1.165) is 5.56 Å². The number of nitrogens with one attached hydrogen (secondary N) is 2. The number of morpholine rings is 1. The molecule has 2 rings (SSSR count). The van der Waals surface area contributed by atoms with E-state index in [4.69, 9.17) is 4.74 Å². The summed E-state index contributed by atoms with van der Waals surface area (Å²) >= 11 is 0. The number of carbonyl (C=O) groups is 3. The van der Waals surface area contributed by atoms with Crippen LogP contribution in [0, 0.1) is 5.92 Å². The maximum atomic E-state index is 12.9. The summed E-state index contributed by atoms with van der Waals surface area (Å²) in [6, 6.07) is 7.91. The molecular formula is C22H33N3O5. The van der Waals surface area contributed by atoms with Gasteiger partial charge in [0.2, 0.25) is 11.8 Å². The maximum absolute atomic E-state index is 12.9. The fourth-order valence-corrected chi connectivity index (χ4v) is 3.39. The normalized spacial score (nSPS) is 16.6. The van der Waals surface area contributed by atoms with Gasteiger partial charge in [-0.25, -0.2) is 4.79 Å². The number of amides is 2. The highest BCUT2D eigenvalue weighted by atomic mass is 16.5. The summed E-state index contributed by atoms with van der Waals surface area (Å²) in [6.45, 7) is 6.50. The second kappa shape index (κ2) is 12.3. The first-order chi connectivity index (χ1) is 14.3. The van der Waals surface area contributed by atoms with E-state index >= 15 is 0 Å². The van der Waals surface area contributed by atoms with Gasteiger partial charge in [0.1, 0.15) is 12.1 Å². The van der Waals surface area contributed by atoms with Gasteiger partial charge < -0.3 is 20.5 Å². The van der Waals surface area contributed by atoms with Gasteiger partial charge in [0.05, 0.1) is 19.8 Å². The lowest BCUT2D eigenvalue weighted by molar-refractivity contribution is -0.142. The Kier molecular flexibility index (Phi) is 9.76. The summed E-state index contributed by atoms with van der Waals surface area (Å²) in [5.74, 6) is -1.67. The number of ether oxygens (including phenoxy) is 1. The predicted molar refractivity (Wildman–Crippen MR) is 113 cm³/mol. The van der Waals surface area contributed by atoms with Crippen LogP contribution in [0.25, 0.3) is 0 Å². The lowest BCUT2D eigenvalue weighted by atomic mass is 10.0. The van der Waals surface area contributed by atoms with E-state index in [1.807, 2.05) is 49.1 Å². The van der Waals surface area contributed by atoms with E-state index in [9.17, 15) is 19.5 Å². The molecule has 8 nitrogen and oxygen atoms in total. The Morgan fingerprint density at radius 2 is 1.73 bits per heavy atom. The highest BCUT2D eigenvalue weighted by molar-refractivity contribution is 5.90. The van der Waals surface area contributed by atoms with E-state index in [-0.39, 0.29) is 18.4 Å². The third-order valence-corrected chi connectivity index (χ3v) is 5.01. The molecule has 1 unspecified atom stereocenters. The Bertz CT molecular complexity index is 689. The molecule has 0 aliphatic carbocycles. The number of rotatable bonds is 11. The predicted octanol–water partition coefficient (Wildman–Crippen LogP) is 1.05. The molecule has 1 aliphatic heterocycles. The van der Waals surface area contributed by atoms with Crippen molar-refractivity contribution in [1.29, 1.82) is 0 Å². The topological polar surface area (TPSA) is 108 Å². The van der Waals surface area contributed by atoms with Crippen LogP contribution < -0.4 is 10.6 Å². The van der Waals surface area contributed by atoms with Crippen molar-refractivity contribution >= 4 is 17.8 Å². The van der Waals surface area contributed by atoms with Gasteiger partial charge in [0.15, 0.2) is 0 Å². The molecule has 1 fully saturated rings. The van der Waals surface area contributed by atoms with Crippen molar-refractivity contribution in [3.63, 3.8) is 0 Å². The van der Waals surface area contributed by atoms with Crippen LogP contribution in [-0.4, -0.2) is 72.7 Å². The second-order valence-electron chi connectivity index (χ2n) is 8.06. The molecular weight excluding hydrogens is 386 g/mol. The molecule has 2 amide bonds. The van der Waals surface area contributed by atoms with Gasteiger partial charge in [-0.1, -0.05) is 44.2 Å². The van der Waals surface area contributed by atoms with E-state index < -0.39 is 24.0 Å². The number of benzene rings is 1. The van der Waals surface area contributed by atoms with E-state index in [0.29, 0.717) is 45.6 Å². The van der Waals surface area contributed by atoms with E-state index in [1.165, 1.54) is 0 Å². The smallest absolute Gasteiger partial charge is 0.326 e. The molecule has 1 aromatic carbocycles. The summed E-state index contributed by atoms with van der Waals surface area (Å²) < 4.78 is 5.29. The number of hydrogen-bond donors (Lipinski definition) is 3. The molecule has 3 N–H and O–H groups in total. The zero-order valence-corrected chi connectivity index (χ0v) is 17.8. The quantitative estimate of drug-likeness (QED) is 0.495. The van der Waals surface area contributed by atoms with Crippen LogP contribution in [0.4, 0.5) is 0 Å². The number of carboxylic acids is 1. The Labute approximate surface area is 178 Å². The summed E-state index contributed by atoms with van der Waals surface area (Å²) in [7, 11) is 0. The van der Waals surface area contributed by atoms with Gasteiger partial charge in [0, 0.05) is 13.1 Å². The molecule has 0 radical (unpaired) electrons. The minimum absolute atomic E-state index is 0.116. The first-order valence-electron chi connectivity index (χ1n) is 10.5. The van der Waals surface area contributed by atoms with E-state index in [2.05, 4.69) is 10.6 Å². The average Bonchev–Trinajstić information content (AvgIpc) is 2.71. The first kappa shape index (κ1) is 23.8.